The molecule has 0 fully saturated rings. The summed E-state index contributed by atoms with van der Waals surface area (Å²) in [4.78, 5) is 8.55. The first kappa shape index (κ1) is 13.6. The number of aromatic nitrogens is 2. The summed E-state index contributed by atoms with van der Waals surface area (Å²) in [5, 5.41) is 6.75. The van der Waals surface area contributed by atoms with Crippen molar-refractivity contribution < 1.29 is 0 Å². The van der Waals surface area contributed by atoms with Crippen molar-refractivity contribution >= 4 is 23.1 Å². The molecule has 4 nitrogen and oxygen atoms in total. The second kappa shape index (κ2) is 5.89. The molecular weight excluding hydrogens is 260 g/mol. The number of hydrogen-bond donors (Lipinski definition) is 2. The van der Waals surface area contributed by atoms with Crippen molar-refractivity contribution in [3.05, 3.63) is 47.5 Å². The van der Waals surface area contributed by atoms with Crippen LogP contribution >= 0.6 is 11.6 Å². The average molecular weight is 277 g/mol. The van der Waals surface area contributed by atoms with E-state index < -0.39 is 0 Å². The largest absolute Gasteiger partial charge is 0.364 e. The second-order valence-corrected chi connectivity index (χ2v) is 4.61. The minimum atomic E-state index is 0.259. The number of anilines is 1. The molecule has 0 bridgehead atoms. The van der Waals surface area contributed by atoms with Crippen LogP contribution in [0.15, 0.2) is 36.8 Å². The van der Waals surface area contributed by atoms with Crippen LogP contribution in [-0.2, 0) is 0 Å². The Morgan fingerprint density at radius 3 is 3.00 bits per heavy atom. The zero-order chi connectivity index (χ0) is 13.8. The molecule has 0 aliphatic carbocycles. The molecule has 0 aromatic carbocycles. The van der Waals surface area contributed by atoms with Gasteiger partial charge < -0.3 is 10.6 Å². The number of nitrogens with one attached hydrogen (secondary N) is 2. The van der Waals surface area contributed by atoms with E-state index in [-0.39, 0.29) is 5.92 Å². The van der Waals surface area contributed by atoms with Crippen molar-refractivity contribution in [1.82, 2.24) is 15.3 Å². The van der Waals surface area contributed by atoms with Gasteiger partial charge in [0.2, 0.25) is 5.95 Å². The lowest BCUT2D eigenvalue weighted by molar-refractivity contribution is 0.733. The number of halogens is 1. The molecule has 1 atom stereocenters. The molecule has 2 N–H and O–H groups in total. The highest BCUT2D eigenvalue weighted by molar-refractivity contribution is 6.32. The van der Waals surface area contributed by atoms with E-state index in [2.05, 4.69) is 34.1 Å². The summed E-state index contributed by atoms with van der Waals surface area (Å²) in [6.45, 7) is 5.87. The molecule has 2 rings (SSSR count). The lowest BCUT2D eigenvalue weighted by Gasteiger charge is -2.14. The standard InChI is InChI=1S/C14H17ClN4/c1-4-6-12-9(5-2)10(7-17-12)13-11(15)8-18-14(16-3)19-13/h4,6-9,17H,1,5H2,2-3H3,(H,16,18,19)/b12-6+. The van der Waals surface area contributed by atoms with Crippen molar-refractivity contribution in [3.8, 4) is 0 Å². The fourth-order valence-corrected chi connectivity index (χ4v) is 2.38. The summed E-state index contributed by atoms with van der Waals surface area (Å²) >= 11 is 6.22. The van der Waals surface area contributed by atoms with Crippen LogP contribution in [0.2, 0.25) is 5.02 Å². The van der Waals surface area contributed by atoms with Crippen LogP contribution in [0.5, 0.6) is 0 Å². The summed E-state index contributed by atoms with van der Waals surface area (Å²) in [5.74, 6) is 0.825. The summed E-state index contributed by atoms with van der Waals surface area (Å²) in [7, 11) is 1.79. The van der Waals surface area contributed by atoms with E-state index in [1.165, 1.54) is 0 Å². The monoisotopic (exact) mass is 276 g/mol. The molecule has 1 aromatic heterocycles. The Hall–Kier alpha value is -1.81. The van der Waals surface area contributed by atoms with Crippen molar-refractivity contribution in [2.24, 2.45) is 5.92 Å². The molecule has 1 aliphatic heterocycles. The maximum Gasteiger partial charge on any atom is 0.223 e. The molecule has 5 heteroatoms. The van der Waals surface area contributed by atoms with E-state index in [0.717, 1.165) is 23.4 Å². The van der Waals surface area contributed by atoms with E-state index in [1.54, 1.807) is 19.3 Å². The molecule has 0 amide bonds. The number of rotatable bonds is 4. The van der Waals surface area contributed by atoms with E-state index in [0.29, 0.717) is 11.0 Å². The van der Waals surface area contributed by atoms with Gasteiger partial charge in [0, 0.05) is 30.4 Å². The van der Waals surface area contributed by atoms with Crippen LogP contribution < -0.4 is 10.6 Å². The Morgan fingerprint density at radius 2 is 2.37 bits per heavy atom. The maximum atomic E-state index is 6.22. The Kier molecular flexibility index (Phi) is 4.22. The minimum Gasteiger partial charge on any atom is -0.364 e. The fraction of sp³-hybridized carbons (Fsp3) is 0.286. The molecule has 1 unspecified atom stereocenters. The summed E-state index contributed by atoms with van der Waals surface area (Å²) in [5.41, 5.74) is 2.97. The van der Waals surface area contributed by atoms with Gasteiger partial charge in [0.25, 0.3) is 0 Å². The topological polar surface area (TPSA) is 49.8 Å². The molecule has 0 saturated heterocycles. The van der Waals surface area contributed by atoms with Gasteiger partial charge in [-0.1, -0.05) is 31.2 Å². The maximum absolute atomic E-state index is 6.22. The highest BCUT2D eigenvalue weighted by Crippen LogP contribution is 2.36. The third-order valence-electron chi connectivity index (χ3n) is 3.09. The van der Waals surface area contributed by atoms with Gasteiger partial charge in [-0.2, -0.15) is 0 Å². The van der Waals surface area contributed by atoms with E-state index >= 15 is 0 Å². The zero-order valence-corrected chi connectivity index (χ0v) is 11.8. The van der Waals surface area contributed by atoms with Gasteiger partial charge >= 0.3 is 0 Å². The predicted molar refractivity (Wildman–Crippen MR) is 79.8 cm³/mol. The fourth-order valence-electron chi connectivity index (χ4n) is 2.18. The molecule has 1 aromatic rings. The van der Waals surface area contributed by atoms with Gasteiger partial charge in [0.1, 0.15) is 0 Å². The first-order valence-electron chi connectivity index (χ1n) is 6.21. The Morgan fingerprint density at radius 1 is 1.58 bits per heavy atom. The van der Waals surface area contributed by atoms with Gasteiger partial charge in [-0.25, -0.2) is 9.97 Å². The van der Waals surface area contributed by atoms with Crippen LogP contribution in [-0.4, -0.2) is 17.0 Å². The SMILES string of the molecule is C=C/C=C1/NC=C(c2nc(NC)ncc2Cl)C1CC. The number of nitrogens with zero attached hydrogens (tertiary/aromatic N) is 2. The van der Waals surface area contributed by atoms with Crippen LogP contribution in [0.25, 0.3) is 5.57 Å². The molecule has 0 saturated carbocycles. The highest BCUT2D eigenvalue weighted by atomic mass is 35.5. The minimum absolute atomic E-state index is 0.259. The lowest BCUT2D eigenvalue weighted by Crippen LogP contribution is -2.08. The predicted octanol–water partition coefficient (Wildman–Crippen LogP) is 3.21. The quantitative estimate of drug-likeness (QED) is 0.887. The molecular formula is C14H17ClN4. The second-order valence-electron chi connectivity index (χ2n) is 4.20. The first-order chi connectivity index (χ1) is 9.21. The van der Waals surface area contributed by atoms with E-state index in [9.17, 15) is 0 Å². The van der Waals surface area contributed by atoms with Gasteiger partial charge in [0.05, 0.1) is 16.9 Å². The van der Waals surface area contributed by atoms with Crippen molar-refractivity contribution in [3.63, 3.8) is 0 Å². The molecule has 0 spiro atoms. The Labute approximate surface area is 118 Å². The van der Waals surface area contributed by atoms with Crippen molar-refractivity contribution in [1.29, 1.82) is 0 Å². The van der Waals surface area contributed by atoms with Gasteiger partial charge in [-0.15, -0.1) is 0 Å². The zero-order valence-electron chi connectivity index (χ0n) is 11.1. The summed E-state index contributed by atoms with van der Waals surface area (Å²) in [6.07, 6.45) is 8.30. The normalized spacial score (nSPS) is 20.1. The van der Waals surface area contributed by atoms with E-state index in [1.807, 2.05) is 12.3 Å². The van der Waals surface area contributed by atoms with Gasteiger partial charge in [0.15, 0.2) is 0 Å². The molecule has 0 radical (unpaired) electrons. The van der Waals surface area contributed by atoms with Crippen LogP contribution in [0.4, 0.5) is 5.95 Å². The van der Waals surface area contributed by atoms with Crippen LogP contribution in [0.3, 0.4) is 0 Å². The third-order valence-corrected chi connectivity index (χ3v) is 3.37. The lowest BCUT2D eigenvalue weighted by atomic mass is 9.93. The summed E-state index contributed by atoms with van der Waals surface area (Å²) < 4.78 is 0. The average Bonchev–Trinajstić information content (AvgIpc) is 2.82. The summed E-state index contributed by atoms with van der Waals surface area (Å²) in [6, 6.07) is 0. The van der Waals surface area contributed by atoms with Crippen molar-refractivity contribution in [2.45, 2.75) is 13.3 Å². The molecule has 19 heavy (non-hydrogen) atoms. The Balaban J connectivity index is 2.42. The van der Waals surface area contributed by atoms with Crippen molar-refractivity contribution in [2.75, 3.05) is 12.4 Å². The molecule has 2 heterocycles. The number of hydrogen-bond acceptors (Lipinski definition) is 4. The molecule has 100 valence electrons. The first-order valence-corrected chi connectivity index (χ1v) is 6.58. The third kappa shape index (κ3) is 2.63. The van der Waals surface area contributed by atoms with Gasteiger partial charge in [-0.05, 0) is 12.5 Å². The molecule has 1 aliphatic rings. The smallest absolute Gasteiger partial charge is 0.223 e. The number of allylic oxidation sites excluding steroid dienone is 3. The Bertz CT molecular complexity index is 548. The highest BCUT2D eigenvalue weighted by Gasteiger charge is 2.26. The van der Waals surface area contributed by atoms with Crippen LogP contribution in [0.1, 0.15) is 19.0 Å². The van der Waals surface area contributed by atoms with Crippen LogP contribution in [0, 0.1) is 5.92 Å². The van der Waals surface area contributed by atoms with E-state index in [4.69, 9.17) is 11.6 Å². The van der Waals surface area contributed by atoms with Gasteiger partial charge in [-0.3, -0.25) is 0 Å².